The van der Waals surface area contributed by atoms with Gasteiger partial charge in [0.2, 0.25) is 0 Å². The summed E-state index contributed by atoms with van der Waals surface area (Å²) in [5, 5.41) is 4.95. The van der Waals surface area contributed by atoms with E-state index in [4.69, 9.17) is 0 Å². The van der Waals surface area contributed by atoms with Gasteiger partial charge in [-0.25, -0.2) is 0 Å². The highest BCUT2D eigenvalue weighted by atomic mass is 15.1. The molecular formula is C66H47N. The van der Waals surface area contributed by atoms with Crippen LogP contribution in [0.2, 0.25) is 0 Å². The molecule has 11 aromatic carbocycles. The normalized spacial score (nSPS) is 13.8. The lowest BCUT2D eigenvalue weighted by Gasteiger charge is -2.34. The summed E-state index contributed by atoms with van der Waals surface area (Å²) in [6.07, 6.45) is 0. The van der Waals surface area contributed by atoms with Gasteiger partial charge in [0.1, 0.15) is 0 Å². The first-order valence-electron chi connectivity index (χ1n) is 23.5. The van der Waals surface area contributed by atoms with Gasteiger partial charge < -0.3 is 4.90 Å². The molecule has 0 atom stereocenters. The Balaban J connectivity index is 1.02. The van der Waals surface area contributed by atoms with E-state index < -0.39 is 5.41 Å². The van der Waals surface area contributed by atoms with Gasteiger partial charge in [-0.1, -0.05) is 226 Å². The number of anilines is 3. The van der Waals surface area contributed by atoms with E-state index in [1.165, 1.54) is 99.4 Å². The average Bonchev–Trinajstić information content (AvgIpc) is 3.82. The Morgan fingerprint density at radius 2 is 0.866 bits per heavy atom. The van der Waals surface area contributed by atoms with Gasteiger partial charge in [-0.2, -0.15) is 0 Å². The number of benzene rings is 11. The van der Waals surface area contributed by atoms with E-state index in [0.717, 1.165) is 17.1 Å². The van der Waals surface area contributed by atoms with Gasteiger partial charge in [0.15, 0.2) is 0 Å². The molecule has 0 N–H and O–H groups in total. The summed E-state index contributed by atoms with van der Waals surface area (Å²) in [6.45, 7) is 4.74. The quantitative estimate of drug-likeness (QED) is 0.154. The van der Waals surface area contributed by atoms with Gasteiger partial charge in [0, 0.05) is 22.2 Å². The van der Waals surface area contributed by atoms with Crippen LogP contribution < -0.4 is 4.90 Å². The molecule has 67 heavy (non-hydrogen) atoms. The van der Waals surface area contributed by atoms with Crippen molar-refractivity contribution in [2.45, 2.75) is 24.7 Å². The predicted molar refractivity (Wildman–Crippen MR) is 282 cm³/mol. The molecule has 2 aliphatic carbocycles. The first-order valence-corrected chi connectivity index (χ1v) is 23.5. The Morgan fingerprint density at radius 3 is 1.61 bits per heavy atom. The summed E-state index contributed by atoms with van der Waals surface area (Å²) in [4.78, 5) is 2.47. The van der Waals surface area contributed by atoms with E-state index in [1.54, 1.807) is 0 Å². The number of hydrogen-bond acceptors (Lipinski definition) is 1. The first kappa shape index (κ1) is 39.1. The summed E-state index contributed by atoms with van der Waals surface area (Å²) in [5.41, 5.74) is 20.7. The smallest absolute Gasteiger partial charge is 0.0714 e. The molecule has 0 aromatic heterocycles. The molecule has 0 aliphatic heterocycles. The number of fused-ring (bicyclic) bond motifs is 9. The third-order valence-corrected chi connectivity index (χ3v) is 15.0. The van der Waals surface area contributed by atoms with Crippen LogP contribution >= 0.6 is 0 Å². The first-order chi connectivity index (χ1) is 33.0. The average molecular weight is 854 g/mol. The standard InChI is InChI=1S/C66H47N/c1-65(2)59-29-17-16-27-55(59)56-38-36-51(43-61(56)65)67(50-34-30-45(31-35-50)44-18-6-3-7-19-44)63-41-39-52(54-26-14-15-28-57(54)63)47-32-37-58-62(42-47)66(48-21-8-4-9-22-48,49-23-10-5-11-24-49)60-40-33-46-20-12-13-25-53(46)64(58)60/h3-43H,1-2H3. The Morgan fingerprint density at radius 1 is 0.313 bits per heavy atom. The Bertz CT molecular complexity index is 3660. The topological polar surface area (TPSA) is 3.24 Å². The molecule has 0 spiro atoms. The third-order valence-electron chi connectivity index (χ3n) is 15.0. The van der Waals surface area contributed by atoms with E-state index in [0.29, 0.717) is 0 Å². The molecule has 0 heterocycles. The van der Waals surface area contributed by atoms with Gasteiger partial charge in [0.05, 0.1) is 11.1 Å². The summed E-state index contributed by atoms with van der Waals surface area (Å²) >= 11 is 0. The van der Waals surface area contributed by atoms with Crippen molar-refractivity contribution in [3.63, 3.8) is 0 Å². The van der Waals surface area contributed by atoms with E-state index in [1.807, 2.05) is 0 Å². The lowest BCUT2D eigenvalue weighted by atomic mass is 9.67. The zero-order chi connectivity index (χ0) is 44.7. The molecule has 0 saturated heterocycles. The van der Waals surface area contributed by atoms with Crippen molar-refractivity contribution in [1.82, 2.24) is 0 Å². The van der Waals surface area contributed by atoms with Crippen molar-refractivity contribution in [1.29, 1.82) is 0 Å². The summed E-state index contributed by atoms with van der Waals surface area (Å²) in [7, 11) is 0. The highest BCUT2D eigenvalue weighted by Crippen LogP contribution is 2.59. The lowest BCUT2D eigenvalue weighted by Crippen LogP contribution is -2.28. The molecule has 0 radical (unpaired) electrons. The Labute approximate surface area is 392 Å². The Kier molecular flexibility index (Phi) is 8.85. The van der Waals surface area contributed by atoms with Crippen molar-refractivity contribution in [3.05, 3.63) is 282 Å². The van der Waals surface area contributed by atoms with Crippen LogP contribution in [0.5, 0.6) is 0 Å². The second kappa shape index (κ2) is 15.2. The van der Waals surface area contributed by atoms with Crippen LogP contribution in [0.15, 0.2) is 249 Å². The number of rotatable bonds is 7. The maximum Gasteiger partial charge on any atom is 0.0714 e. The molecule has 0 unspecified atom stereocenters. The SMILES string of the molecule is CC1(C)c2ccccc2-c2ccc(N(c3ccc(-c4ccccc4)cc3)c3ccc(-c4ccc5c(c4)C(c4ccccc4)(c4ccccc4)c4ccc6ccccc6c4-5)c4ccccc34)cc21. The third kappa shape index (κ3) is 5.88. The van der Waals surface area contributed by atoms with Crippen LogP contribution in [-0.2, 0) is 10.8 Å². The van der Waals surface area contributed by atoms with Crippen LogP contribution in [0.1, 0.15) is 47.2 Å². The van der Waals surface area contributed by atoms with Gasteiger partial charge in [0.25, 0.3) is 0 Å². The predicted octanol–water partition coefficient (Wildman–Crippen LogP) is 17.5. The monoisotopic (exact) mass is 853 g/mol. The second-order valence-electron chi connectivity index (χ2n) is 18.8. The van der Waals surface area contributed by atoms with Crippen molar-refractivity contribution in [2.24, 2.45) is 0 Å². The minimum atomic E-state index is -0.521. The van der Waals surface area contributed by atoms with Gasteiger partial charge in [-0.05, 0) is 130 Å². The molecule has 2 aliphatic rings. The molecule has 1 nitrogen and oxygen atoms in total. The van der Waals surface area contributed by atoms with Crippen LogP contribution in [0.3, 0.4) is 0 Å². The second-order valence-corrected chi connectivity index (χ2v) is 18.8. The van der Waals surface area contributed by atoms with Gasteiger partial charge in [-0.3, -0.25) is 0 Å². The molecule has 11 aromatic rings. The van der Waals surface area contributed by atoms with E-state index >= 15 is 0 Å². The molecule has 316 valence electrons. The summed E-state index contributed by atoms with van der Waals surface area (Å²) < 4.78 is 0. The van der Waals surface area contributed by atoms with Crippen molar-refractivity contribution in [2.75, 3.05) is 4.90 Å². The van der Waals surface area contributed by atoms with Crippen LogP contribution in [-0.4, -0.2) is 0 Å². The Hall–Kier alpha value is -8.26. The van der Waals surface area contributed by atoms with E-state index in [9.17, 15) is 0 Å². The fourth-order valence-corrected chi connectivity index (χ4v) is 11.8. The molecular weight excluding hydrogens is 807 g/mol. The summed E-state index contributed by atoms with van der Waals surface area (Å²) in [6, 6.07) is 92.6. The molecule has 0 amide bonds. The molecule has 13 rings (SSSR count). The highest BCUT2D eigenvalue weighted by Gasteiger charge is 2.47. The van der Waals surface area contributed by atoms with Gasteiger partial charge in [-0.15, -0.1) is 0 Å². The fourth-order valence-electron chi connectivity index (χ4n) is 11.8. The van der Waals surface area contributed by atoms with Gasteiger partial charge >= 0.3 is 0 Å². The number of hydrogen-bond donors (Lipinski definition) is 0. The van der Waals surface area contributed by atoms with E-state index in [-0.39, 0.29) is 5.41 Å². The zero-order valence-electron chi connectivity index (χ0n) is 37.6. The summed E-state index contributed by atoms with van der Waals surface area (Å²) in [5.74, 6) is 0. The maximum atomic E-state index is 2.51. The number of nitrogens with zero attached hydrogens (tertiary/aromatic N) is 1. The lowest BCUT2D eigenvalue weighted by molar-refractivity contribution is 0.660. The van der Waals surface area contributed by atoms with Crippen LogP contribution in [0, 0.1) is 0 Å². The minimum absolute atomic E-state index is 0.134. The zero-order valence-corrected chi connectivity index (χ0v) is 37.6. The van der Waals surface area contributed by atoms with Crippen molar-refractivity contribution < 1.29 is 0 Å². The molecule has 1 heteroatoms. The fraction of sp³-hybridized carbons (Fsp3) is 0.0606. The van der Waals surface area contributed by atoms with Crippen molar-refractivity contribution >= 4 is 38.6 Å². The van der Waals surface area contributed by atoms with E-state index in [2.05, 4.69) is 267 Å². The molecule has 0 fully saturated rings. The highest BCUT2D eigenvalue weighted by molar-refractivity contribution is 6.08. The molecule has 0 bridgehead atoms. The molecule has 0 saturated carbocycles. The largest absolute Gasteiger partial charge is 0.310 e. The van der Waals surface area contributed by atoms with Crippen molar-refractivity contribution in [3.8, 4) is 44.5 Å². The minimum Gasteiger partial charge on any atom is -0.310 e. The maximum absolute atomic E-state index is 2.51. The van der Waals surface area contributed by atoms with Crippen LogP contribution in [0.4, 0.5) is 17.1 Å². The van der Waals surface area contributed by atoms with Crippen LogP contribution in [0.25, 0.3) is 66.1 Å².